The number of allylic oxidation sites excluding steroid dienone is 1. The summed E-state index contributed by atoms with van der Waals surface area (Å²) in [5.74, 6) is 0. The molecule has 1 aromatic heterocycles. The molecule has 0 aliphatic carbocycles. The smallest absolute Gasteiger partial charge is 0.0384 e. The lowest BCUT2D eigenvalue weighted by Gasteiger charge is -1.92. The first-order chi connectivity index (χ1) is 7.74. The molecule has 0 aliphatic heterocycles. The number of benzene rings is 1. The maximum Gasteiger partial charge on any atom is 0.0384 e. The summed E-state index contributed by atoms with van der Waals surface area (Å²) in [6, 6.07) is 6.34. The van der Waals surface area contributed by atoms with Crippen LogP contribution in [0.5, 0.6) is 0 Å². The van der Waals surface area contributed by atoms with Crippen molar-refractivity contribution >= 4 is 34.1 Å². The topological polar surface area (TPSA) is 0 Å². The average Bonchev–Trinajstić information content (AvgIpc) is 2.62. The highest BCUT2D eigenvalue weighted by atomic mass is 32.1. The van der Waals surface area contributed by atoms with E-state index in [0.717, 1.165) is 5.22 Å². The van der Waals surface area contributed by atoms with E-state index >= 15 is 0 Å². The average molecular weight is 230 g/mol. The molecule has 2 rings (SSSR count). The number of fused-ring (bicyclic) bond motifs is 1. The van der Waals surface area contributed by atoms with Gasteiger partial charge in [-0.1, -0.05) is 51.3 Å². The van der Waals surface area contributed by atoms with Crippen molar-refractivity contribution in [2.75, 3.05) is 0 Å². The fourth-order valence-electron chi connectivity index (χ4n) is 1.57. The molecule has 0 radical (unpaired) electrons. The summed E-state index contributed by atoms with van der Waals surface area (Å²) < 4.78 is 2.55. The fourth-order valence-corrected chi connectivity index (χ4v) is 2.72. The molecule has 0 N–H and O–H groups in total. The summed E-state index contributed by atoms with van der Waals surface area (Å²) in [6.45, 7) is 13.9. The maximum atomic E-state index is 4.10. The van der Waals surface area contributed by atoms with Crippen molar-refractivity contribution in [2.24, 2.45) is 0 Å². The Balaban J connectivity index is 0.000000606. The molecule has 0 atom stereocenters. The Bertz CT molecular complexity index is 588. The van der Waals surface area contributed by atoms with Gasteiger partial charge >= 0.3 is 0 Å². The van der Waals surface area contributed by atoms with Crippen LogP contribution in [0.1, 0.15) is 19.4 Å². The minimum atomic E-state index is 1.12. The molecular weight excluding hydrogens is 212 g/mol. The Hall–Kier alpha value is -1.34. The van der Waals surface area contributed by atoms with Gasteiger partial charge < -0.3 is 0 Å². The van der Waals surface area contributed by atoms with Crippen molar-refractivity contribution in [3.63, 3.8) is 0 Å². The lowest BCUT2D eigenvalue weighted by molar-refractivity contribution is 1.50. The summed E-state index contributed by atoms with van der Waals surface area (Å²) in [4.78, 5) is 0. The molecule has 1 heterocycles. The second-order valence-electron chi connectivity index (χ2n) is 3.30. The molecule has 1 heteroatoms. The Morgan fingerprint density at radius 1 is 1.25 bits per heavy atom. The molecule has 0 saturated heterocycles. The van der Waals surface area contributed by atoms with Gasteiger partial charge in [0.25, 0.3) is 0 Å². The number of thiophene rings is 1. The van der Waals surface area contributed by atoms with Crippen LogP contribution < -0.4 is 9.75 Å². The minimum absolute atomic E-state index is 1.12. The normalized spacial score (nSPS) is 11.1. The zero-order valence-electron chi connectivity index (χ0n) is 10.2. The van der Waals surface area contributed by atoms with Crippen LogP contribution in [0.3, 0.4) is 0 Å². The molecular formula is C15H18S. The van der Waals surface area contributed by atoms with Crippen molar-refractivity contribution < 1.29 is 0 Å². The first-order valence-corrected chi connectivity index (χ1v) is 6.35. The van der Waals surface area contributed by atoms with Gasteiger partial charge in [0, 0.05) is 9.23 Å². The number of aryl methyl sites for hydroxylation is 1. The minimum Gasteiger partial charge on any atom is -0.135 e. The lowest BCUT2D eigenvalue weighted by Crippen LogP contribution is -2.15. The van der Waals surface area contributed by atoms with Gasteiger partial charge in [-0.25, -0.2) is 0 Å². The van der Waals surface area contributed by atoms with E-state index < -0.39 is 0 Å². The first-order valence-electron chi connectivity index (χ1n) is 5.54. The highest BCUT2D eigenvalue weighted by Crippen LogP contribution is 2.17. The summed E-state index contributed by atoms with van der Waals surface area (Å²) in [6.07, 6.45) is 3.83. The zero-order chi connectivity index (χ0) is 12.1. The Kier molecular flexibility index (Phi) is 4.51. The highest BCUT2D eigenvalue weighted by molar-refractivity contribution is 7.17. The molecule has 0 saturated carbocycles. The van der Waals surface area contributed by atoms with Gasteiger partial charge in [0.2, 0.25) is 0 Å². The van der Waals surface area contributed by atoms with Crippen LogP contribution in [-0.4, -0.2) is 0 Å². The molecule has 0 fully saturated rings. The molecule has 0 bridgehead atoms. The second-order valence-corrected chi connectivity index (χ2v) is 4.35. The van der Waals surface area contributed by atoms with Gasteiger partial charge in [-0.3, -0.25) is 0 Å². The number of hydrogen-bond donors (Lipinski definition) is 0. The van der Waals surface area contributed by atoms with E-state index in [1.807, 2.05) is 26.0 Å². The van der Waals surface area contributed by atoms with E-state index in [2.05, 4.69) is 38.3 Å². The quantitative estimate of drug-likeness (QED) is 0.702. The van der Waals surface area contributed by atoms with Gasteiger partial charge in [0.1, 0.15) is 0 Å². The van der Waals surface area contributed by atoms with Gasteiger partial charge in [0.05, 0.1) is 0 Å². The molecule has 0 amide bonds. The van der Waals surface area contributed by atoms with E-state index in [1.54, 1.807) is 11.3 Å². The largest absolute Gasteiger partial charge is 0.135 e. The molecule has 0 aliphatic rings. The van der Waals surface area contributed by atoms with Crippen molar-refractivity contribution in [2.45, 2.75) is 20.8 Å². The molecule has 2 aromatic rings. The molecule has 16 heavy (non-hydrogen) atoms. The van der Waals surface area contributed by atoms with E-state index in [4.69, 9.17) is 0 Å². The standard InChI is InChI=1S/C13H12S.C2H6/c1-4-6-12-10(3)11-8-5-7-9(2)13(11)14-12;1-2/h4-8H,1,3H2,2H3;1-2H3/b12-6+;. The monoisotopic (exact) mass is 230 g/mol. The third-order valence-electron chi connectivity index (χ3n) is 2.32. The van der Waals surface area contributed by atoms with E-state index in [9.17, 15) is 0 Å². The van der Waals surface area contributed by atoms with Crippen LogP contribution in [0.2, 0.25) is 0 Å². The predicted molar refractivity (Wildman–Crippen MR) is 77.3 cm³/mol. The van der Waals surface area contributed by atoms with Crippen molar-refractivity contribution in [1.29, 1.82) is 0 Å². The summed E-state index contributed by atoms with van der Waals surface area (Å²) in [5.41, 5.74) is 1.32. The fraction of sp³-hybridized carbons (Fsp3) is 0.200. The van der Waals surface area contributed by atoms with Crippen LogP contribution in [-0.2, 0) is 0 Å². The van der Waals surface area contributed by atoms with E-state index in [-0.39, 0.29) is 0 Å². The van der Waals surface area contributed by atoms with Crippen molar-refractivity contribution in [3.8, 4) is 0 Å². The Morgan fingerprint density at radius 3 is 2.50 bits per heavy atom. The van der Waals surface area contributed by atoms with Gasteiger partial charge in [0.15, 0.2) is 0 Å². The van der Waals surface area contributed by atoms with E-state index in [0.29, 0.717) is 0 Å². The van der Waals surface area contributed by atoms with Crippen LogP contribution in [0.25, 0.3) is 22.7 Å². The van der Waals surface area contributed by atoms with Gasteiger partial charge in [-0.2, -0.15) is 0 Å². The van der Waals surface area contributed by atoms with Crippen LogP contribution in [0.4, 0.5) is 0 Å². The molecule has 0 unspecified atom stereocenters. The summed E-state index contributed by atoms with van der Waals surface area (Å²) in [5, 5.41) is 2.39. The third-order valence-corrected chi connectivity index (χ3v) is 3.66. The van der Waals surface area contributed by atoms with Crippen molar-refractivity contribution in [1.82, 2.24) is 0 Å². The van der Waals surface area contributed by atoms with Crippen LogP contribution in [0, 0.1) is 6.92 Å². The number of hydrogen-bond acceptors (Lipinski definition) is 1. The lowest BCUT2D eigenvalue weighted by atomic mass is 10.1. The molecule has 0 spiro atoms. The Morgan fingerprint density at radius 2 is 1.94 bits per heavy atom. The molecule has 0 nitrogen and oxygen atoms in total. The maximum absolute atomic E-state index is 4.10. The van der Waals surface area contributed by atoms with Gasteiger partial charge in [-0.05, 0) is 29.2 Å². The van der Waals surface area contributed by atoms with E-state index in [1.165, 1.54) is 20.2 Å². The summed E-state index contributed by atoms with van der Waals surface area (Å²) >= 11 is 1.79. The zero-order valence-corrected chi connectivity index (χ0v) is 11.0. The second kappa shape index (κ2) is 5.66. The first kappa shape index (κ1) is 12.7. The van der Waals surface area contributed by atoms with Crippen LogP contribution in [0.15, 0.2) is 30.9 Å². The third kappa shape index (κ3) is 2.25. The number of rotatable bonds is 1. The van der Waals surface area contributed by atoms with Crippen LogP contribution >= 0.6 is 11.3 Å². The SMILES string of the molecule is C=C/C=c1/sc2c(C)cccc2c1=C.CC. The predicted octanol–water partition coefficient (Wildman–Crippen LogP) is 3.61. The molecule has 84 valence electrons. The van der Waals surface area contributed by atoms with Gasteiger partial charge in [-0.15, -0.1) is 11.3 Å². The highest BCUT2D eigenvalue weighted by Gasteiger charge is 2.00. The molecule has 1 aromatic carbocycles. The van der Waals surface area contributed by atoms with Crippen molar-refractivity contribution in [3.05, 3.63) is 46.2 Å². The Labute approximate surface area is 101 Å². The summed E-state index contributed by atoms with van der Waals surface area (Å²) in [7, 11) is 0.